The molecule has 0 aliphatic rings. The van der Waals surface area contributed by atoms with E-state index in [1.807, 2.05) is 35.8 Å². The van der Waals surface area contributed by atoms with Crippen LogP contribution in [-0.2, 0) is 11.2 Å². The normalized spacial score (nSPS) is 12.3. The van der Waals surface area contributed by atoms with E-state index in [0.717, 1.165) is 5.56 Å². The van der Waals surface area contributed by atoms with Crippen LogP contribution in [0.5, 0.6) is 0 Å². The van der Waals surface area contributed by atoms with Gasteiger partial charge in [-0.25, -0.2) is 0 Å². The van der Waals surface area contributed by atoms with Gasteiger partial charge in [-0.15, -0.1) is 0 Å². The van der Waals surface area contributed by atoms with Crippen molar-refractivity contribution in [3.8, 4) is 0 Å². The van der Waals surface area contributed by atoms with Crippen LogP contribution in [0.3, 0.4) is 0 Å². The van der Waals surface area contributed by atoms with Gasteiger partial charge in [-0.05, 0) is 39.2 Å². The number of carbonyl (C=O) groups excluding carboxylic acids is 1. The Morgan fingerprint density at radius 2 is 1.84 bits per heavy atom. The maximum atomic E-state index is 10.8. The SMILES string of the molecule is CC(C)(C)O.NC(=O)[C@H](CCc1ccccc1)NO.[HH]. The summed E-state index contributed by atoms with van der Waals surface area (Å²) in [5.41, 5.74) is 7.57. The number of aryl methyl sites for hydroxylation is 1. The van der Waals surface area contributed by atoms with Crippen LogP contribution in [0.2, 0.25) is 0 Å². The first-order valence-electron chi connectivity index (χ1n) is 6.19. The Morgan fingerprint density at radius 1 is 1.37 bits per heavy atom. The van der Waals surface area contributed by atoms with Crippen LogP contribution in [0, 0.1) is 0 Å². The molecule has 110 valence electrons. The third kappa shape index (κ3) is 11.4. The van der Waals surface area contributed by atoms with Gasteiger partial charge in [-0.1, -0.05) is 30.3 Å². The summed E-state index contributed by atoms with van der Waals surface area (Å²) in [7, 11) is 0. The maximum absolute atomic E-state index is 10.8. The molecule has 1 atom stereocenters. The lowest BCUT2D eigenvalue weighted by Gasteiger charge is -2.10. The van der Waals surface area contributed by atoms with Gasteiger partial charge in [0.15, 0.2) is 0 Å². The van der Waals surface area contributed by atoms with Gasteiger partial charge in [0, 0.05) is 1.43 Å². The van der Waals surface area contributed by atoms with Gasteiger partial charge in [0.1, 0.15) is 6.04 Å². The average Bonchev–Trinajstić information content (AvgIpc) is 2.28. The van der Waals surface area contributed by atoms with E-state index in [-0.39, 0.29) is 1.43 Å². The van der Waals surface area contributed by atoms with E-state index in [9.17, 15) is 4.79 Å². The second-order valence-electron chi connectivity index (χ2n) is 5.28. The van der Waals surface area contributed by atoms with Crippen LogP contribution in [0.15, 0.2) is 30.3 Å². The fourth-order valence-corrected chi connectivity index (χ4v) is 1.23. The first-order valence-corrected chi connectivity index (χ1v) is 6.19. The lowest BCUT2D eigenvalue weighted by atomic mass is 10.1. The predicted molar refractivity (Wildman–Crippen MR) is 76.8 cm³/mol. The fraction of sp³-hybridized carbons (Fsp3) is 0.500. The van der Waals surface area contributed by atoms with E-state index in [1.54, 1.807) is 20.8 Å². The topological polar surface area (TPSA) is 95.6 Å². The molecule has 0 heterocycles. The van der Waals surface area contributed by atoms with E-state index in [1.165, 1.54) is 0 Å². The molecule has 0 saturated carbocycles. The van der Waals surface area contributed by atoms with Crippen LogP contribution >= 0.6 is 0 Å². The molecule has 0 spiro atoms. The standard InChI is InChI=1S/C10H14N2O2.C4H10O.H2/c11-10(13)9(12-14)7-6-8-4-2-1-3-5-8;1-4(2,3)5;/h1-5,9,12,14H,6-7H2,(H2,11,13);5H,1-3H3;1H/t9-;;/m0../s1. The zero-order valence-corrected chi connectivity index (χ0v) is 11.8. The number of amides is 1. The Morgan fingerprint density at radius 3 is 2.21 bits per heavy atom. The summed E-state index contributed by atoms with van der Waals surface area (Å²) in [6.45, 7) is 5.23. The van der Waals surface area contributed by atoms with E-state index in [2.05, 4.69) is 0 Å². The van der Waals surface area contributed by atoms with Gasteiger partial charge in [-0.3, -0.25) is 4.79 Å². The van der Waals surface area contributed by atoms with Crippen molar-refractivity contribution in [2.75, 3.05) is 0 Å². The maximum Gasteiger partial charge on any atom is 0.236 e. The number of hydroxylamine groups is 1. The Bertz CT molecular complexity index is 360. The van der Waals surface area contributed by atoms with Gasteiger partial charge in [-0.2, -0.15) is 5.48 Å². The fourth-order valence-electron chi connectivity index (χ4n) is 1.23. The van der Waals surface area contributed by atoms with Gasteiger partial charge in [0.2, 0.25) is 5.91 Å². The number of aliphatic hydroxyl groups is 1. The Kier molecular flexibility index (Phi) is 7.98. The Hall–Kier alpha value is -1.43. The zero-order chi connectivity index (χ0) is 14.9. The number of hydrogen-bond acceptors (Lipinski definition) is 4. The minimum Gasteiger partial charge on any atom is -0.391 e. The highest BCUT2D eigenvalue weighted by Crippen LogP contribution is 2.04. The molecule has 19 heavy (non-hydrogen) atoms. The van der Waals surface area contributed by atoms with E-state index in [0.29, 0.717) is 12.8 Å². The van der Waals surface area contributed by atoms with Gasteiger partial charge < -0.3 is 16.0 Å². The van der Waals surface area contributed by atoms with Crippen LogP contribution < -0.4 is 11.2 Å². The second-order valence-corrected chi connectivity index (χ2v) is 5.28. The molecule has 1 aromatic rings. The van der Waals surface area contributed by atoms with Crippen molar-refractivity contribution in [3.63, 3.8) is 0 Å². The number of nitrogens with one attached hydrogen (secondary N) is 1. The molecule has 0 aromatic heterocycles. The molecule has 1 amide bonds. The van der Waals surface area contributed by atoms with Crippen LogP contribution in [0.4, 0.5) is 0 Å². The number of carbonyl (C=O) groups is 1. The highest BCUT2D eigenvalue weighted by Gasteiger charge is 2.12. The summed E-state index contributed by atoms with van der Waals surface area (Å²) in [4.78, 5) is 10.8. The summed E-state index contributed by atoms with van der Waals surface area (Å²) in [5, 5.41) is 17.1. The largest absolute Gasteiger partial charge is 0.391 e. The Balaban J connectivity index is 0. The summed E-state index contributed by atoms with van der Waals surface area (Å²) in [6.07, 6.45) is 1.21. The number of rotatable bonds is 5. The highest BCUT2D eigenvalue weighted by molar-refractivity contribution is 5.79. The molecule has 1 aromatic carbocycles. The lowest BCUT2D eigenvalue weighted by Crippen LogP contribution is -2.39. The van der Waals surface area contributed by atoms with Crippen LogP contribution in [-0.4, -0.2) is 27.9 Å². The van der Waals surface area contributed by atoms with Gasteiger partial charge in [0.05, 0.1) is 5.60 Å². The molecule has 0 unspecified atom stereocenters. The average molecular weight is 270 g/mol. The molecule has 0 radical (unpaired) electrons. The van der Waals surface area contributed by atoms with Gasteiger partial charge >= 0.3 is 0 Å². The van der Waals surface area contributed by atoms with Crippen LogP contribution in [0.25, 0.3) is 0 Å². The number of benzene rings is 1. The number of nitrogens with two attached hydrogens (primary N) is 1. The van der Waals surface area contributed by atoms with Crippen molar-refractivity contribution in [1.29, 1.82) is 0 Å². The second kappa shape index (κ2) is 8.63. The van der Waals surface area contributed by atoms with E-state index in [4.69, 9.17) is 16.0 Å². The van der Waals surface area contributed by atoms with Crippen molar-refractivity contribution < 1.29 is 16.5 Å². The van der Waals surface area contributed by atoms with E-state index >= 15 is 0 Å². The molecule has 0 fully saturated rings. The first kappa shape index (κ1) is 17.6. The summed E-state index contributed by atoms with van der Waals surface area (Å²) >= 11 is 0. The first-order chi connectivity index (χ1) is 8.74. The van der Waals surface area contributed by atoms with Crippen molar-refractivity contribution in [1.82, 2.24) is 5.48 Å². The number of primary amides is 1. The minimum absolute atomic E-state index is 0. The molecular weight excluding hydrogens is 244 g/mol. The van der Waals surface area contributed by atoms with Crippen molar-refractivity contribution in [2.24, 2.45) is 5.73 Å². The quantitative estimate of drug-likeness (QED) is 0.609. The van der Waals surface area contributed by atoms with Crippen molar-refractivity contribution in [2.45, 2.75) is 45.3 Å². The third-order valence-electron chi connectivity index (χ3n) is 2.06. The molecule has 0 bridgehead atoms. The lowest BCUT2D eigenvalue weighted by molar-refractivity contribution is -0.122. The zero-order valence-electron chi connectivity index (χ0n) is 11.8. The van der Waals surface area contributed by atoms with Crippen LogP contribution in [0.1, 0.15) is 34.2 Å². The predicted octanol–water partition coefficient (Wildman–Crippen LogP) is 1.48. The molecule has 0 aliphatic carbocycles. The third-order valence-corrected chi connectivity index (χ3v) is 2.06. The molecule has 5 heteroatoms. The van der Waals surface area contributed by atoms with Crippen molar-refractivity contribution >= 4 is 5.91 Å². The minimum atomic E-state index is -0.671. The van der Waals surface area contributed by atoms with Crippen molar-refractivity contribution in [3.05, 3.63) is 35.9 Å². The molecule has 5 nitrogen and oxygen atoms in total. The monoisotopic (exact) mass is 270 g/mol. The summed E-state index contributed by atoms with van der Waals surface area (Å²) in [6, 6.07) is 9.06. The molecule has 0 aliphatic heterocycles. The van der Waals surface area contributed by atoms with Gasteiger partial charge in [0.25, 0.3) is 0 Å². The Labute approximate surface area is 115 Å². The molecule has 5 N–H and O–H groups in total. The molecule has 0 saturated heterocycles. The smallest absolute Gasteiger partial charge is 0.236 e. The number of hydrogen-bond donors (Lipinski definition) is 4. The highest BCUT2D eigenvalue weighted by atomic mass is 16.5. The van der Waals surface area contributed by atoms with E-state index < -0.39 is 17.6 Å². The molecule has 1 rings (SSSR count). The summed E-state index contributed by atoms with van der Waals surface area (Å²) < 4.78 is 0. The summed E-state index contributed by atoms with van der Waals surface area (Å²) in [5.74, 6) is -0.538. The molecular formula is C14H26N2O3.